The molecule has 0 radical (unpaired) electrons. The number of benzene rings is 1. The second-order valence-electron chi connectivity index (χ2n) is 4.95. The van der Waals surface area contributed by atoms with Gasteiger partial charge in [0.05, 0.1) is 11.4 Å². The van der Waals surface area contributed by atoms with Gasteiger partial charge in [0.2, 0.25) is 0 Å². The molecule has 1 atom stereocenters. The highest BCUT2D eigenvalue weighted by molar-refractivity contribution is 6.30. The maximum absolute atomic E-state index is 6.03. The van der Waals surface area contributed by atoms with E-state index < -0.39 is 0 Å². The van der Waals surface area contributed by atoms with E-state index in [4.69, 9.17) is 11.6 Å². The molecular weight excluding hydrogens is 270 g/mol. The van der Waals surface area contributed by atoms with Crippen molar-refractivity contribution in [2.24, 2.45) is 0 Å². The Morgan fingerprint density at radius 2 is 2.10 bits per heavy atom. The fourth-order valence-corrected chi connectivity index (χ4v) is 2.45. The maximum atomic E-state index is 6.03. The minimum Gasteiger partial charge on any atom is -0.305 e. The number of hydrogen-bond donors (Lipinski definition) is 1. The minimum atomic E-state index is 0.263. The van der Waals surface area contributed by atoms with Crippen LogP contribution in [0.25, 0.3) is 0 Å². The summed E-state index contributed by atoms with van der Waals surface area (Å²) >= 11 is 6.03. The molecule has 0 saturated carbocycles. The Kier molecular flexibility index (Phi) is 5.21. The molecule has 0 aliphatic heterocycles. The van der Waals surface area contributed by atoms with Gasteiger partial charge < -0.3 is 5.32 Å². The molecule has 0 saturated heterocycles. The summed E-state index contributed by atoms with van der Waals surface area (Å²) in [5.74, 6) is 0. The second-order valence-corrected chi connectivity index (χ2v) is 5.39. The summed E-state index contributed by atoms with van der Waals surface area (Å²) in [6.07, 6.45) is 0.976. The standard InChI is InChI=1S/C16H22ClN3/c1-4-15-10-16(20(5-2)19-15)11-18-12(3)13-7-6-8-14(17)9-13/h6-10,12,18H,4-5,11H2,1-3H3. The van der Waals surface area contributed by atoms with Crippen molar-refractivity contribution in [2.75, 3.05) is 0 Å². The van der Waals surface area contributed by atoms with Crippen LogP contribution in [0.2, 0.25) is 5.02 Å². The molecule has 1 heterocycles. The molecule has 1 aromatic carbocycles. The average Bonchev–Trinajstić information content (AvgIpc) is 2.87. The van der Waals surface area contributed by atoms with E-state index in [9.17, 15) is 0 Å². The van der Waals surface area contributed by atoms with Crippen molar-refractivity contribution < 1.29 is 0 Å². The van der Waals surface area contributed by atoms with E-state index in [1.807, 2.05) is 18.2 Å². The van der Waals surface area contributed by atoms with E-state index in [2.05, 4.69) is 48.0 Å². The van der Waals surface area contributed by atoms with Crippen LogP contribution in [0.15, 0.2) is 30.3 Å². The van der Waals surface area contributed by atoms with Gasteiger partial charge in [0.1, 0.15) is 0 Å². The van der Waals surface area contributed by atoms with Crippen LogP contribution in [-0.2, 0) is 19.5 Å². The van der Waals surface area contributed by atoms with Crippen molar-refractivity contribution in [1.82, 2.24) is 15.1 Å². The predicted octanol–water partition coefficient (Wildman–Crippen LogP) is 3.97. The van der Waals surface area contributed by atoms with Gasteiger partial charge in [0.25, 0.3) is 0 Å². The third kappa shape index (κ3) is 3.62. The SMILES string of the molecule is CCc1cc(CNC(C)c2cccc(Cl)c2)n(CC)n1. The molecule has 20 heavy (non-hydrogen) atoms. The molecule has 0 aliphatic rings. The molecule has 0 aliphatic carbocycles. The maximum Gasteiger partial charge on any atom is 0.0625 e. The smallest absolute Gasteiger partial charge is 0.0625 e. The molecule has 0 bridgehead atoms. The van der Waals surface area contributed by atoms with Gasteiger partial charge in [-0.15, -0.1) is 0 Å². The van der Waals surface area contributed by atoms with Gasteiger partial charge in [0.15, 0.2) is 0 Å². The van der Waals surface area contributed by atoms with Gasteiger partial charge in [-0.25, -0.2) is 0 Å². The van der Waals surface area contributed by atoms with Crippen LogP contribution in [0.4, 0.5) is 0 Å². The van der Waals surface area contributed by atoms with E-state index in [0.29, 0.717) is 0 Å². The number of nitrogens with one attached hydrogen (secondary N) is 1. The molecule has 3 nitrogen and oxygen atoms in total. The van der Waals surface area contributed by atoms with Crippen LogP contribution in [0.3, 0.4) is 0 Å². The molecule has 2 rings (SSSR count). The van der Waals surface area contributed by atoms with E-state index in [1.54, 1.807) is 0 Å². The third-order valence-electron chi connectivity index (χ3n) is 3.51. The summed E-state index contributed by atoms with van der Waals surface area (Å²) in [6, 6.07) is 10.4. The highest BCUT2D eigenvalue weighted by Gasteiger charge is 2.09. The first-order chi connectivity index (χ1) is 9.63. The quantitative estimate of drug-likeness (QED) is 0.873. The Morgan fingerprint density at radius 3 is 2.75 bits per heavy atom. The molecule has 108 valence electrons. The zero-order chi connectivity index (χ0) is 14.5. The average molecular weight is 292 g/mol. The lowest BCUT2D eigenvalue weighted by Gasteiger charge is -2.15. The predicted molar refractivity (Wildman–Crippen MR) is 84.0 cm³/mol. The summed E-state index contributed by atoms with van der Waals surface area (Å²) < 4.78 is 2.07. The molecular formula is C16H22ClN3. The lowest BCUT2D eigenvalue weighted by atomic mass is 10.1. The first-order valence-corrected chi connectivity index (χ1v) is 7.56. The van der Waals surface area contributed by atoms with Gasteiger partial charge in [-0.05, 0) is 44.0 Å². The molecule has 1 N–H and O–H groups in total. The van der Waals surface area contributed by atoms with Crippen LogP contribution in [-0.4, -0.2) is 9.78 Å². The van der Waals surface area contributed by atoms with E-state index in [0.717, 1.165) is 30.2 Å². The Hall–Kier alpha value is -1.32. The first-order valence-electron chi connectivity index (χ1n) is 7.18. The van der Waals surface area contributed by atoms with Crippen LogP contribution >= 0.6 is 11.6 Å². The van der Waals surface area contributed by atoms with Crippen LogP contribution in [0.1, 0.15) is 43.8 Å². The summed E-state index contributed by atoms with van der Waals surface area (Å²) in [5, 5.41) is 8.88. The molecule has 0 fully saturated rings. The van der Waals surface area contributed by atoms with Crippen molar-refractivity contribution in [3.05, 3.63) is 52.3 Å². The molecule has 2 aromatic rings. The van der Waals surface area contributed by atoms with Gasteiger partial charge in [-0.3, -0.25) is 4.68 Å². The van der Waals surface area contributed by atoms with Crippen molar-refractivity contribution in [3.8, 4) is 0 Å². The van der Waals surface area contributed by atoms with Gasteiger partial charge in [0, 0.05) is 24.2 Å². The van der Waals surface area contributed by atoms with Gasteiger partial charge in [-0.1, -0.05) is 30.7 Å². The lowest BCUT2D eigenvalue weighted by molar-refractivity contribution is 0.530. The summed E-state index contributed by atoms with van der Waals surface area (Å²) in [6.45, 7) is 8.13. The van der Waals surface area contributed by atoms with E-state index in [1.165, 1.54) is 11.3 Å². The molecule has 4 heteroatoms. The third-order valence-corrected chi connectivity index (χ3v) is 3.75. The Bertz CT molecular complexity index is 563. The van der Waals surface area contributed by atoms with Crippen molar-refractivity contribution in [1.29, 1.82) is 0 Å². The van der Waals surface area contributed by atoms with Gasteiger partial charge in [-0.2, -0.15) is 5.10 Å². The number of aryl methyl sites for hydroxylation is 2. The number of nitrogens with zero attached hydrogens (tertiary/aromatic N) is 2. The number of hydrogen-bond acceptors (Lipinski definition) is 2. The highest BCUT2D eigenvalue weighted by atomic mass is 35.5. The van der Waals surface area contributed by atoms with Crippen molar-refractivity contribution in [2.45, 2.75) is 46.3 Å². The van der Waals surface area contributed by atoms with Crippen LogP contribution in [0.5, 0.6) is 0 Å². The summed E-state index contributed by atoms with van der Waals surface area (Å²) in [4.78, 5) is 0. The zero-order valence-electron chi connectivity index (χ0n) is 12.4. The normalized spacial score (nSPS) is 12.6. The zero-order valence-corrected chi connectivity index (χ0v) is 13.1. The topological polar surface area (TPSA) is 29.9 Å². The monoisotopic (exact) mass is 291 g/mol. The Morgan fingerprint density at radius 1 is 1.30 bits per heavy atom. The molecule has 0 amide bonds. The van der Waals surface area contributed by atoms with Gasteiger partial charge >= 0.3 is 0 Å². The number of aromatic nitrogens is 2. The largest absolute Gasteiger partial charge is 0.305 e. The number of halogens is 1. The Labute approximate surface area is 126 Å². The van der Waals surface area contributed by atoms with Crippen molar-refractivity contribution >= 4 is 11.6 Å². The van der Waals surface area contributed by atoms with Crippen molar-refractivity contribution in [3.63, 3.8) is 0 Å². The fraction of sp³-hybridized carbons (Fsp3) is 0.438. The highest BCUT2D eigenvalue weighted by Crippen LogP contribution is 2.18. The second kappa shape index (κ2) is 6.91. The lowest BCUT2D eigenvalue weighted by Crippen LogP contribution is -2.20. The summed E-state index contributed by atoms with van der Waals surface area (Å²) in [5.41, 5.74) is 3.59. The Balaban J connectivity index is 2.03. The van der Waals surface area contributed by atoms with Crippen LogP contribution < -0.4 is 5.32 Å². The molecule has 1 aromatic heterocycles. The molecule has 0 spiro atoms. The van der Waals surface area contributed by atoms with E-state index >= 15 is 0 Å². The molecule has 1 unspecified atom stereocenters. The first kappa shape index (κ1) is 15.1. The van der Waals surface area contributed by atoms with Crippen LogP contribution in [0, 0.1) is 0 Å². The summed E-state index contributed by atoms with van der Waals surface area (Å²) in [7, 11) is 0. The fourth-order valence-electron chi connectivity index (χ4n) is 2.26. The minimum absolute atomic E-state index is 0.263. The number of rotatable bonds is 6. The van der Waals surface area contributed by atoms with E-state index in [-0.39, 0.29) is 6.04 Å².